The van der Waals surface area contributed by atoms with Crippen molar-refractivity contribution in [1.29, 1.82) is 0 Å². The molecule has 3 nitrogen and oxygen atoms in total. The maximum atomic E-state index is 12.7. The van der Waals surface area contributed by atoms with Crippen LogP contribution in [0.1, 0.15) is 73.6 Å². The number of aliphatic imine (C=N–C) groups is 1. The molecule has 0 aromatic heterocycles. The van der Waals surface area contributed by atoms with Crippen LogP contribution in [0.2, 0.25) is 0 Å². The molecular weight excluding hydrogens is 308 g/mol. The molecule has 2 N–H and O–H groups in total. The standard InChI is InChI=1S/C20H30N2O.C2H6/c1-12(2)18(19(21)22-6)16(14-7-8-14)9-15-13(3)10-20(4,5)11-17(15)23;1-2/h14H,1,7-11H2,2-6H3,(H2,21,22);1-2H3/b18-16-;. The number of carbonyl (C=O) groups is 1. The first-order valence-electron chi connectivity index (χ1n) is 9.49. The number of allylic oxidation sites excluding steroid dienone is 3. The topological polar surface area (TPSA) is 55.4 Å². The molecule has 0 amide bonds. The van der Waals surface area contributed by atoms with Crippen molar-refractivity contribution >= 4 is 11.6 Å². The van der Waals surface area contributed by atoms with Crippen LogP contribution in [0, 0.1) is 11.3 Å². The number of rotatable bonds is 5. The molecule has 0 bridgehead atoms. The van der Waals surface area contributed by atoms with Gasteiger partial charge in [-0.1, -0.05) is 45.4 Å². The lowest BCUT2D eigenvalue weighted by Gasteiger charge is -2.31. The zero-order valence-corrected chi connectivity index (χ0v) is 17.3. The molecule has 140 valence electrons. The van der Waals surface area contributed by atoms with Crippen LogP contribution in [0.4, 0.5) is 0 Å². The maximum absolute atomic E-state index is 12.7. The Morgan fingerprint density at radius 3 is 2.24 bits per heavy atom. The lowest BCUT2D eigenvalue weighted by molar-refractivity contribution is -0.118. The summed E-state index contributed by atoms with van der Waals surface area (Å²) in [4.78, 5) is 16.8. The van der Waals surface area contributed by atoms with Crippen LogP contribution in [0.25, 0.3) is 0 Å². The van der Waals surface area contributed by atoms with Crippen molar-refractivity contribution < 1.29 is 4.79 Å². The van der Waals surface area contributed by atoms with E-state index in [2.05, 4.69) is 32.3 Å². The number of hydrogen-bond donors (Lipinski definition) is 1. The van der Waals surface area contributed by atoms with Gasteiger partial charge in [-0.3, -0.25) is 9.79 Å². The first-order chi connectivity index (χ1) is 11.7. The van der Waals surface area contributed by atoms with E-state index in [1.54, 1.807) is 7.05 Å². The van der Waals surface area contributed by atoms with Crippen molar-refractivity contribution in [2.75, 3.05) is 7.05 Å². The molecule has 0 heterocycles. The van der Waals surface area contributed by atoms with E-state index in [1.165, 1.54) is 24.0 Å². The quantitative estimate of drug-likeness (QED) is 0.413. The highest BCUT2D eigenvalue weighted by Crippen LogP contribution is 2.45. The van der Waals surface area contributed by atoms with E-state index < -0.39 is 0 Å². The maximum Gasteiger partial charge on any atom is 0.159 e. The average molecular weight is 345 g/mol. The molecule has 3 heteroatoms. The molecule has 0 saturated heterocycles. The van der Waals surface area contributed by atoms with Crippen molar-refractivity contribution in [3.8, 4) is 0 Å². The van der Waals surface area contributed by atoms with E-state index in [4.69, 9.17) is 5.73 Å². The molecule has 0 aromatic rings. The predicted octanol–water partition coefficient (Wildman–Crippen LogP) is 5.38. The van der Waals surface area contributed by atoms with E-state index in [-0.39, 0.29) is 5.41 Å². The third kappa shape index (κ3) is 5.42. The number of Topliss-reactive ketones (excluding diaryl/α,β-unsaturated/α-hetero) is 1. The Balaban J connectivity index is 0.00000151. The minimum absolute atomic E-state index is 0.0786. The number of nitrogens with two attached hydrogens (primary N) is 1. The van der Waals surface area contributed by atoms with Crippen LogP contribution in [0.5, 0.6) is 0 Å². The van der Waals surface area contributed by atoms with Gasteiger partial charge in [0.25, 0.3) is 0 Å². The smallest absolute Gasteiger partial charge is 0.159 e. The number of nitrogens with zero attached hydrogens (tertiary/aromatic N) is 1. The van der Waals surface area contributed by atoms with E-state index >= 15 is 0 Å². The molecule has 1 fully saturated rings. The number of carbonyl (C=O) groups excluding carboxylic acids is 1. The van der Waals surface area contributed by atoms with Crippen molar-refractivity contribution in [3.63, 3.8) is 0 Å². The van der Waals surface area contributed by atoms with Crippen molar-refractivity contribution in [3.05, 3.63) is 34.4 Å². The molecule has 0 aliphatic heterocycles. The summed E-state index contributed by atoms with van der Waals surface area (Å²) in [6.45, 7) is 16.5. The molecule has 2 aliphatic carbocycles. The van der Waals surface area contributed by atoms with Gasteiger partial charge in [-0.05, 0) is 62.0 Å². The zero-order valence-electron chi connectivity index (χ0n) is 17.3. The van der Waals surface area contributed by atoms with Crippen molar-refractivity contribution in [2.45, 2.75) is 73.6 Å². The van der Waals surface area contributed by atoms with Gasteiger partial charge in [-0.25, -0.2) is 0 Å². The van der Waals surface area contributed by atoms with Crippen LogP contribution >= 0.6 is 0 Å². The fraction of sp³-hybridized carbons (Fsp3) is 0.636. The number of ketones is 1. The Hall–Kier alpha value is -1.64. The first kappa shape index (κ1) is 21.4. The van der Waals surface area contributed by atoms with Gasteiger partial charge < -0.3 is 5.73 Å². The van der Waals surface area contributed by atoms with Crippen LogP contribution < -0.4 is 5.73 Å². The summed E-state index contributed by atoms with van der Waals surface area (Å²) < 4.78 is 0. The molecule has 25 heavy (non-hydrogen) atoms. The highest BCUT2D eigenvalue weighted by molar-refractivity contribution is 6.02. The Kier molecular flexibility index (Phi) is 7.40. The zero-order chi connectivity index (χ0) is 19.4. The fourth-order valence-corrected chi connectivity index (χ4v) is 3.74. The van der Waals surface area contributed by atoms with Crippen LogP contribution in [-0.2, 0) is 4.79 Å². The number of amidine groups is 1. The second-order valence-electron chi connectivity index (χ2n) is 7.94. The number of hydrogen-bond acceptors (Lipinski definition) is 2. The normalized spacial score (nSPS) is 21.4. The Morgan fingerprint density at radius 2 is 1.84 bits per heavy atom. The Labute approximate surface area is 154 Å². The molecule has 0 unspecified atom stereocenters. The van der Waals surface area contributed by atoms with Crippen molar-refractivity contribution in [2.24, 2.45) is 22.1 Å². The molecule has 0 radical (unpaired) electrons. The van der Waals surface area contributed by atoms with E-state index in [9.17, 15) is 4.79 Å². The van der Waals surface area contributed by atoms with E-state index in [1.807, 2.05) is 20.8 Å². The van der Waals surface area contributed by atoms with Gasteiger partial charge in [0.1, 0.15) is 5.84 Å². The Morgan fingerprint density at radius 1 is 1.28 bits per heavy atom. The summed E-state index contributed by atoms with van der Waals surface area (Å²) in [5.41, 5.74) is 11.6. The van der Waals surface area contributed by atoms with Gasteiger partial charge in [0.05, 0.1) is 0 Å². The molecule has 1 saturated carbocycles. The van der Waals surface area contributed by atoms with Crippen molar-refractivity contribution in [1.82, 2.24) is 0 Å². The van der Waals surface area contributed by atoms with Gasteiger partial charge in [0.2, 0.25) is 0 Å². The summed E-state index contributed by atoms with van der Waals surface area (Å²) in [5.74, 6) is 1.37. The summed E-state index contributed by atoms with van der Waals surface area (Å²) in [5, 5.41) is 0. The third-order valence-electron chi connectivity index (χ3n) is 4.92. The highest BCUT2D eigenvalue weighted by Gasteiger charge is 2.35. The summed E-state index contributed by atoms with van der Waals surface area (Å²) in [6.07, 6.45) is 4.69. The second-order valence-corrected chi connectivity index (χ2v) is 7.94. The van der Waals surface area contributed by atoms with Gasteiger partial charge in [0, 0.05) is 19.0 Å². The summed E-state index contributed by atoms with van der Waals surface area (Å²) in [6, 6.07) is 0. The largest absolute Gasteiger partial charge is 0.384 e. The lowest BCUT2D eigenvalue weighted by Crippen LogP contribution is -2.26. The SMILES string of the molecule is C=C(C)/C(C(N)=NC)=C(\CC1=C(C)CC(C)(C)CC1=O)C1CC1.CC. The molecule has 0 spiro atoms. The van der Waals surface area contributed by atoms with Gasteiger partial charge in [-0.2, -0.15) is 0 Å². The fourth-order valence-electron chi connectivity index (χ4n) is 3.74. The molecule has 0 aromatic carbocycles. The predicted molar refractivity (Wildman–Crippen MR) is 109 cm³/mol. The highest BCUT2D eigenvalue weighted by atomic mass is 16.1. The molecule has 2 aliphatic rings. The lowest BCUT2D eigenvalue weighted by atomic mass is 9.72. The van der Waals surface area contributed by atoms with Gasteiger partial charge in [-0.15, -0.1) is 0 Å². The summed E-state index contributed by atoms with van der Waals surface area (Å²) >= 11 is 0. The minimum atomic E-state index is 0.0786. The summed E-state index contributed by atoms with van der Waals surface area (Å²) in [7, 11) is 1.71. The minimum Gasteiger partial charge on any atom is -0.384 e. The Bertz CT molecular complexity index is 628. The van der Waals surface area contributed by atoms with Crippen LogP contribution in [-0.4, -0.2) is 18.7 Å². The van der Waals surface area contributed by atoms with E-state index in [0.29, 0.717) is 30.4 Å². The first-order valence-corrected chi connectivity index (χ1v) is 9.49. The van der Waals surface area contributed by atoms with Gasteiger partial charge in [0.15, 0.2) is 5.78 Å². The average Bonchev–Trinajstić information content (AvgIpc) is 3.34. The monoisotopic (exact) mass is 344 g/mol. The third-order valence-corrected chi connectivity index (χ3v) is 4.92. The molecule has 0 atom stereocenters. The van der Waals surface area contributed by atoms with Gasteiger partial charge >= 0.3 is 0 Å². The van der Waals surface area contributed by atoms with E-state index in [0.717, 1.165) is 23.1 Å². The van der Waals surface area contributed by atoms with Crippen LogP contribution in [0.3, 0.4) is 0 Å². The molecule has 2 rings (SSSR count). The molecular formula is C22H36N2O. The van der Waals surface area contributed by atoms with Crippen LogP contribution in [0.15, 0.2) is 39.4 Å². The second kappa shape index (κ2) is 8.64.